The van der Waals surface area contributed by atoms with Gasteiger partial charge < -0.3 is 10.6 Å². The summed E-state index contributed by atoms with van der Waals surface area (Å²) in [6, 6.07) is 6.89. The highest BCUT2D eigenvalue weighted by Gasteiger charge is 2.21. The van der Waals surface area contributed by atoms with Crippen LogP contribution in [0.5, 0.6) is 0 Å². The summed E-state index contributed by atoms with van der Waals surface area (Å²) in [5, 5.41) is 6.44. The van der Waals surface area contributed by atoms with Crippen LogP contribution in [0, 0.1) is 5.82 Å². The highest BCUT2D eigenvalue weighted by Crippen LogP contribution is 2.09. The fourth-order valence-corrected chi connectivity index (χ4v) is 2.43. The highest BCUT2D eigenvalue weighted by molar-refractivity contribution is 5.85. The van der Waals surface area contributed by atoms with Crippen molar-refractivity contribution in [1.29, 1.82) is 0 Å². The van der Waals surface area contributed by atoms with E-state index in [-0.39, 0.29) is 30.2 Å². The summed E-state index contributed by atoms with van der Waals surface area (Å²) < 4.78 is 12.8. The van der Waals surface area contributed by atoms with Crippen LogP contribution < -0.4 is 10.6 Å². The molecule has 1 amide bonds. The number of carbonyl (C=O) groups excluding carboxylic acids is 1. The van der Waals surface area contributed by atoms with E-state index in [0.717, 1.165) is 24.9 Å². The van der Waals surface area contributed by atoms with Crippen molar-refractivity contribution in [3.05, 3.63) is 35.6 Å². The Hall–Kier alpha value is -1.13. The lowest BCUT2D eigenvalue weighted by Gasteiger charge is -2.30. The standard InChI is InChI=1S/C15H21FN2O.ClH/c1-11-14(3-2-10-17-11)18-15(19)9-6-12-4-7-13(16)8-5-12;/h4-5,7-8,11,14,17H,2-3,6,9-10H2,1H3,(H,18,19);1H. The molecule has 1 heterocycles. The Balaban J connectivity index is 0.00000200. The number of carbonyl (C=O) groups is 1. The molecule has 0 spiro atoms. The van der Waals surface area contributed by atoms with Gasteiger partial charge in [-0.05, 0) is 50.4 Å². The molecule has 1 aliphatic heterocycles. The molecule has 1 aromatic rings. The number of hydrogen-bond donors (Lipinski definition) is 2. The number of nitrogens with one attached hydrogen (secondary N) is 2. The molecular formula is C15H22ClFN2O. The quantitative estimate of drug-likeness (QED) is 0.897. The molecule has 0 aliphatic carbocycles. The summed E-state index contributed by atoms with van der Waals surface area (Å²) in [4.78, 5) is 11.9. The number of rotatable bonds is 4. The van der Waals surface area contributed by atoms with E-state index in [4.69, 9.17) is 0 Å². The molecule has 1 saturated heterocycles. The summed E-state index contributed by atoms with van der Waals surface area (Å²) in [5.41, 5.74) is 0.992. The highest BCUT2D eigenvalue weighted by atomic mass is 35.5. The van der Waals surface area contributed by atoms with Crippen LogP contribution in [-0.2, 0) is 11.2 Å². The lowest BCUT2D eigenvalue weighted by atomic mass is 9.99. The maximum atomic E-state index is 12.8. The molecule has 0 aromatic heterocycles. The van der Waals surface area contributed by atoms with Crippen LogP contribution in [0.2, 0.25) is 0 Å². The summed E-state index contributed by atoms with van der Waals surface area (Å²) >= 11 is 0. The van der Waals surface area contributed by atoms with E-state index in [9.17, 15) is 9.18 Å². The van der Waals surface area contributed by atoms with Gasteiger partial charge in [-0.25, -0.2) is 4.39 Å². The van der Waals surface area contributed by atoms with E-state index in [1.807, 2.05) is 0 Å². The van der Waals surface area contributed by atoms with Crippen molar-refractivity contribution in [1.82, 2.24) is 10.6 Å². The zero-order valence-corrected chi connectivity index (χ0v) is 12.5. The number of amides is 1. The van der Waals surface area contributed by atoms with Crippen molar-refractivity contribution in [2.75, 3.05) is 6.54 Å². The van der Waals surface area contributed by atoms with Gasteiger partial charge in [0.05, 0.1) is 0 Å². The minimum absolute atomic E-state index is 0. The Kier molecular flexibility index (Phi) is 6.96. The molecule has 1 aliphatic rings. The van der Waals surface area contributed by atoms with Gasteiger partial charge in [-0.2, -0.15) is 0 Å². The van der Waals surface area contributed by atoms with Crippen LogP contribution in [-0.4, -0.2) is 24.5 Å². The molecule has 2 N–H and O–H groups in total. The van der Waals surface area contributed by atoms with Crippen LogP contribution >= 0.6 is 12.4 Å². The Morgan fingerprint density at radius 1 is 1.40 bits per heavy atom. The van der Waals surface area contributed by atoms with E-state index in [2.05, 4.69) is 17.6 Å². The molecular weight excluding hydrogens is 279 g/mol. The largest absolute Gasteiger partial charge is 0.352 e. The molecule has 1 fully saturated rings. The van der Waals surface area contributed by atoms with E-state index < -0.39 is 0 Å². The third-order valence-electron chi connectivity index (χ3n) is 3.66. The van der Waals surface area contributed by atoms with Crippen molar-refractivity contribution in [3.63, 3.8) is 0 Å². The number of aryl methyl sites for hydroxylation is 1. The van der Waals surface area contributed by atoms with Crippen molar-refractivity contribution in [3.8, 4) is 0 Å². The Morgan fingerprint density at radius 3 is 2.75 bits per heavy atom. The van der Waals surface area contributed by atoms with E-state index in [0.29, 0.717) is 18.9 Å². The molecule has 3 nitrogen and oxygen atoms in total. The van der Waals surface area contributed by atoms with E-state index in [1.165, 1.54) is 12.1 Å². The van der Waals surface area contributed by atoms with Gasteiger partial charge in [-0.1, -0.05) is 12.1 Å². The number of halogens is 2. The van der Waals surface area contributed by atoms with Crippen LogP contribution in [0.1, 0.15) is 31.7 Å². The molecule has 2 unspecified atom stereocenters. The normalized spacial score (nSPS) is 21.9. The van der Waals surface area contributed by atoms with Gasteiger partial charge >= 0.3 is 0 Å². The maximum absolute atomic E-state index is 12.8. The van der Waals surface area contributed by atoms with Gasteiger partial charge in [0.15, 0.2) is 0 Å². The van der Waals surface area contributed by atoms with Crippen molar-refractivity contribution < 1.29 is 9.18 Å². The molecule has 112 valence electrons. The maximum Gasteiger partial charge on any atom is 0.220 e. The van der Waals surface area contributed by atoms with Gasteiger partial charge in [0.2, 0.25) is 5.91 Å². The Morgan fingerprint density at radius 2 is 2.10 bits per heavy atom. The summed E-state index contributed by atoms with van der Waals surface area (Å²) in [5.74, 6) is -0.166. The number of benzene rings is 1. The summed E-state index contributed by atoms with van der Waals surface area (Å²) in [6.45, 7) is 3.13. The first kappa shape index (κ1) is 16.9. The molecule has 0 saturated carbocycles. The Bertz CT molecular complexity index is 424. The fourth-order valence-electron chi connectivity index (χ4n) is 2.43. The second-order valence-corrected chi connectivity index (χ2v) is 5.19. The molecule has 5 heteroatoms. The average molecular weight is 301 g/mol. The van der Waals surface area contributed by atoms with Crippen LogP contribution in [0.15, 0.2) is 24.3 Å². The van der Waals surface area contributed by atoms with Gasteiger partial charge in [-0.3, -0.25) is 4.79 Å². The molecule has 1 aromatic carbocycles. The lowest BCUT2D eigenvalue weighted by molar-refractivity contribution is -0.122. The zero-order chi connectivity index (χ0) is 13.7. The van der Waals surface area contributed by atoms with Crippen LogP contribution in [0.4, 0.5) is 4.39 Å². The van der Waals surface area contributed by atoms with Crippen molar-refractivity contribution in [2.24, 2.45) is 0 Å². The fraction of sp³-hybridized carbons (Fsp3) is 0.533. The van der Waals surface area contributed by atoms with Gasteiger partial charge in [0.1, 0.15) is 5.82 Å². The predicted octanol–water partition coefficient (Wildman–Crippen LogP) is 2.44. The lowest BCUT2D eigenvalue weighted by Crippen LogP contribution is -2.51. The minimum Gasteiger partial charge on any atom is -0.352 e. The topological polar surface area (TPSA) is 41.1 Å². The third-order valence-corrected chi connectivity index (χ3v) is 3.66. The predicted molar refractivity (Wildman–Crippen MR) is 80.6 cm³/mol. The van der Waals surface area contributed by atoms with Gasteiger partial charge in [0.25, 0.3) is 0 Å². The summed E-state index contributed by atoms with van der Waals surface area (Å²) in [7, 11) is 0. The number of piperidine rings is 1. The second kappa shape index (κ2) is 8.22. The van der Waals surface area contributed by atoms with E-state index >= 15 is 0 Å². The van der Waals surface area contributed by atoms with Crippen LogP contribution in [0.3, 0.4) is 0 Å². The monoisotopic (exact) mass is 300 g/mol. The molecule has 0 bridgehead atoms. The van der Waals surface area contributed by atoms with E-state index in [1.54, 1.807) is 12.1 Å². The molecule has 2 atom stereocenters. The second-order valence-electron chi connectivity index (χ2n) is 5.19. The third kappa shape index (κ3) is 5.10. The van der Waals surface area contributed by atoms with Crippen molar-refractivity contribution >= 4 is 18.3 Å². The Labute approximate surface area is 125 Å². The first-order valence-corrected chi connectivity index (χ1v) is 6.92. The molecule has 0 radical (unpaired) electrons. The molecule has 2 rings (SSSR count). The first-order valence-electron chi connectivity index (χ1n) is 6.92. The smallest absolute Gasteiger partial charge is 0.220 e. The minimum atomic E-state index is -0.240. The number of hydrogen-bond acceptors (Lipinski definition) is 2. The van der Waals surface area contributed by atoms with Crippen LogP contribution in [0.25, 0.3) is 0 Å². The molecule has 20 heavy (non-hydrogen) atoms. The SMILES string of the molecule is CC1NCCCC1NC(=O)CCc1ccc(F)cc1.Cl. The average Bonchev–Trinajstić information content (AvgIpc) is 2.41. The van der Waals surface area contributed by atoms with Gasteiger partial charge in [-0.15, -0.1) is 12.4 Å². The van der Waals surface area contributed by atoms with Gasteiger partial charge in [0, 0.05) is 18.5 Å². The zero-order valence-electron chi connectivity index (χ0n) is 11.7. The van der Waals surface area contributed by atoms with Crippen molar-refractivity contribution in [2.45, 2.75) is 44.7 Å². The first-order chi connectivity index (χ1) is 9.15. The summed E-state index contributed by atoms with van der Waals surface area (Å²) in [6.07, 6.45) is 3.25.